The van der Waals surface area contributed by atoms with Gasteiger partial charge in [-0.25, -0.2) is 8.42 Å². The quantitative estimate of drug-likeness (QED) is 0.812. The zero-order valence-electron chi connectivity index (χ0n) is 13.1. The van der Waals surface area contributed by atoms with E-state index in [2.05, 4.69) is 4.74 Å². The van der Waals surface area contributed by atoms with Gasteiger partial charge >= 0.3 is 6.36 Å². The van der Waals surface area contributed by atoms with Gasteiger partial charge in [0.15, 0.2) is 0 Å². The van der Waals surface area contributed by atoms with Gasteiger partial charge in [-0.05, 0) is 37.8 Å². The van der Waals surface area contributed by atoms with E-state index >= 15 is 0 Å². The largest absolute Gasteiger partial charge is 0.573 e. The maximum atomic E-state index is 12.9. The molecule has 0 spiro atoms. The zero-order valence-corrected chi connectivity index (χ0v) is 13.9. The molecule has 0 aromatic heterocycles. The first-order valence-corrected chi connectivity index (χ1v) is 9.00. The first-order valence-electron chi connectivity index (χ1n) is 7.56. The lowest BCUT2D eigenvalue weighted by Gasteiger charge is -2.24. The maximum absolute atomic E-state index is 12.9. The predicted octanol–water partition coefficient (Wildman–Crippen LogP) is 3.71. The van der Waals surface area contributed by atoms with Crippen LogP contribution in [0.2, 0.25) is 0 Å². The van der Waals surface area contributed by atoms with Crippen LogP contribution in [0.5, 0.6) is 5.75 Å². The van der Waals surface area contributed by atoms with E-state index in [1.807, 2.05) is 6.92 Å². The first kappa shape index (κ1) is 18.1. The fourth-order valence-electron chi connectivity index (χ4n) is 2.91. The number of sulfonamides is 1. The highest BCUT2D eigenvalue weighted by atomic mass is 32.2. The van der Waals surface area contributed by atoms with Crippen molar-refractivity contribution in [2.45, 2.75) is 56.8 Å². The summed E-state index contributed by atoms with van der Waals surface area (Å²) < 4.78 is 69.1. The Balaban J connectivity index is 2.57. The van der Waals surface area contributed by atoms with E-state index in [1.165, 1.54) is 10.4 Å². The molecule has 0 N–H and O–H groups in total. The van der Waals surface area contributed by atoms with Crippen LogP contribution in [0.25, 0.3) is 0 Å². The summed E-state index contributed by atoms with van der Waals surface area (Å²) >= 11 is 0. The van der Waals surface area contributed by atoms with Crippen LogP contribution in [-0.2, 0) is 16.4 Å². The number of hydrogen-bond acceptors (Lipinski definition) is 3. The minimum absolute atomic E-state index is 0.228. The predicted molar refractivity (Wildman–Crippen MR) is 79.7 cm³/mol. The third kappa shape index (κ3) is 3.98. The number of halogens is 3. The van der Waals surface area contributed by atoms with Crippen molar-refractivity contribution >= 4 is 10.0 Å². The van der Waals surface area contributed by atoms with Gasteiger partial charge in [0.1, 0.15) is 10.6 Å². The van der Waals surface area contributed by atoms with E-state index in [9.17, 15) is 21.6 Å². The molecule has 2 rings (SSSR count). The fraction of sp³-hybridized carbons (Fsp3) is 0.600. The monoisotopic (exact) mass is 351 g/mol. The minimum Gasteiger partial charge on any atom is -0.404 e. The molecule has 1 atom stereocenters. The third-order valence-electron chi connectivity index (χ3n) is 3.86. The summed E-state index contributed by atoms with van der Waals surface area (Å²) in [5, 5.41) is 0. The molecular weight excluding hydrogens is 331 g/mol. The molecule has 23 heavy (non-hydrogen) atoms. The van der Waals surface area contributed by atoms with Gasteiger partial charge in [-0.15, -0.1) is 13.2 Å². The molecule has 0 amide bonds. The Labute approximate surface area is 134 Å². The van der Waals surface area contributed by atoms with Crippen LogP contribution >= 0.6 is 0 Å². The molecule has 1 saturated heterocycles. The maximum Gasteiger partial charge on any atom is 0.573 e. The molecule has 1 aromatic rings. The zero-order chi connectivity index (χ0) is 17.3. The van der Waals surface area contributed by atoms with Crippen LogP contribution in [0.1, 0.15) is 38.7 Å². The van der Waals surface area contributed by atoms with Crippen LogP contribution in [-0.4, -0.2) is 31.7 Å². The Kier molecular flexibility index (Phi) is 5.25. The number of rotatable bonds is 5. The van der Waals surface area contributed by atoms with Crippen molar-refractivity contribution < 1.29 is 26.3 Å². The Morgan fingerprint density at radius 3 is 2.57 bits per heavy atom. The standard InChI is InChI=1S/C15H20F3NO3S/c1-3-6-12-8-4-9-13(22-15(16,17)18)14(12)23(20,21)19-10-5-7-11(19)2/h4,8-9,11H,3,5-7,10H2,1-2H3. The number of ether oxygens (including phenoxy) is 1. The molecule has 1 aliphatic heterocycles. The summed E-state index contributed by atoms with van der Waals surface area (Å²) in [4.78, 5) is -0.354. The van der Waals surface area contributed by atoms with Gasteiger partial charge in [0.2, 0.25) is 10.0 Å². The Morgan fingerprint density at radius 2 is 2.04 bits per heavy atom. The van der Waals surface area contributed by atoms with Gasteiger partial charge in [0.25, 0.3) is 0 Å². The van der Waals surface area contributed by atoms with Crippen LogP contribution in [0.15, 0.2) is 23.1 Å². The lowest BCUT2D eigenvalue weighted by molar-refractivity contribution is -0.275. The van der Waals surface area contributed by atoms with E-state index in [0.29, 0.717) is 37.8 Å². The topological polar surface area (TPSA) is 46.6 Å². The highest BCUT2D eigenvalue weighted by molar-refractivity contribution is 7.89. The minimum atomic E-state index is -4.94. The Bertz CT molecular complexity index is 658. The fourth-order valence-corrected chi connectivity index (χ4v) is 4.96. The van der Waals surface area contributed by atoms with Crippen molar-refractivity contribution in [3.63, 3.8) is 0 Å². The number of aryl methyl sites for hydroxylation is 1. The summed E-state index contributed by atoms with van der Waals surface area (Å²) in [6.07, 6.45) is -2.55. The van der Waals surface area contributed by atoms with Crippen molar-refractivity contribution in [1.29, 1.82) is 0 Å². The lowest BCUT2D eigenvalue weighted by Crippen LogP contribution is -2.35. The number of alkyl halides is 3. The van der Waals surface area contributed by atoms with Gasteiger partial charge < -0.3 is 4.74 Å². The van der Waals surface area contributed by atoms with Gasteiger partial charge in [0, 0.05) is 12.6 Å². The molecule has 0 bridgehead atoms. The summed E-state index contributed by atoms with van der Waals surface area (Å²) in [6.45, 7) is 3.92. The van der Waals surface area contributed by atoms with Crippen LogP contribution in [0.4, 0.5) is 13.2 Å². The summed E-state index contributed by atoms with van der Waals surface area (Å²) in [7, 11) is -4.04. The number of nitrogens with zero attached hydrogens (tertiary/aromatic N) is 1. The second-order valence-corrected chi connectivity index (χ2v) is 7.48. The number of benzene rings is 1. The van der Waals surface area contributed by atoms with Crippen LogP contribution < -0.4 is 4.74 Å². The average Bonchev–Trinajstić information content (AvgIpc) is 2.84. The highest BCUT2D eigenvalue weighted by Gasteiger charge is 2.39. The molecule has 1 heterocycles. The molecule has 1 fully saturated rings. The summed E-state index contributed by atoms with van der Waals surface area (Å²) in [5.74, 6) is -0.650. The molecule has 1 aliphatic rings. The molecule has 4 nitrogen and oxygen atoms in total. The van der Waals surface area contributed by atoms with E-state index in [4.69, 9.17) is 0 Å². The van der Waals surface area contributed by atoms with Crippen LogP contribution in [0.3, 0.4) is 0 Å². The van der Waals surface area contributed by atoms with Crippen molar-refractivity contribution in [2.24, 2.45) is 0 Å². The molecule has 0 saturated carbocycles. The summed E-state index contributed by atoms with van der Waals surface area (Å²) in [6, 6.07) is 3.76. The molecule has 1 aromatic carbocycles. The molecule has 0 aliphatic carbocycles. The molecule has 1 unspecified atom stereocenters. The van der Waals surface area contributed by atoms with Crippen molar-refractivity contribution in [1.82, 2.24) is 4.31 Å². The smallest absolute Gasteiger partial charge is 0.404 e. The van der Waals surface area contributed by atoms with Crippen molar-refractivity contribution in [3.8, 4) is 5.75 Å². The molecular formula is C15H20F3NO3S. The van der Waals surface area contributed by atoms with Crippen molar-refractivity contribution in [2.75, 3.05) is 6.54 Å². The normalized spacial score (nSPS) is 20.0. The summed E-state index contributed by atoms with van der Waals surface area (Å²) in [5.41, 5.74) is 0.355. The van der Waals surface area contributed by atoms with E-state index < -0.39 is 22.1 Å². The molecule has 0 radical (unpaired) electrons. The Morgan fingerprint density at radius 1 is 1.35 bits per heavy atom. The lowest BCUT2D eigenvalue weighted by atomic mass is 10.1. The SMILES string of the molecule is CCCc1cccc(OC(F)(F)F)c1S(=O)(=O)N1CCCC1C. The van der Waals surface area contributed by atoms with Crippen LogP contribution in [0, 0.1) is 0 Å². The van der Waals surface area contributed by atoms with Gasteiger partial charge in [-0.1, -0.05) is 25.5 Å². The molecule has 8 heteroatoms. The second kappa shape index (κ2) is 6.68. The molecule has 130 valence electrons. The second-order valence-electron chi connectivity index (χ2n) is 5.65. The average molecular weight is 351 g/mol. The highest BCUT2D eigenvalue weighted by Crippen LogP contribution is 2.36. The van der Waals surface area contributed by atoms with Crippen molar-refractivity contribution in [3.05, 3.63) is 23.8 Å². The van der Waals surface area contributed by atoms with Gasteiger partial charge in [-0.2, -0.15) is 4.31 Å². The van der Waals surface area contributed by atoms with E-state index in [0.717, 1.165) is 6.07 Å². The number of hydrogen-bond donors (Lipinski definition) is 0. The Hall–Kier alpha value is -1.28. The van der Waals surface area contributed by atoms with Gasteiger partial charge in [-0.3, -0.25) is 0 Å². The van der Waals surface area contributed by atoms with Gasteiger partial charge in [0.05, 0.1) is 0 Å². The third-order valence-corrected chi connectivity index (χ3v) is 6.00. The van der Waals surface area contributed by atoms with E-state index in [-0.39, 0.29) is 10.9 Å². The first-order chi connectivity index (χ1) is 10.7. The van der Waals surface area contributed by atoms with E-state index in [1.54, 1.807) is 13.0 Å².